The Kier molecular flexibility index (Phi) is 33.2. The highest BCUT2D eigenvalue weighted by atomic mass is 32.3. The summed E-state index contributed by atoms with van der Waals surface area (Å²) < 4.78 is 139. The van der Waals surface area contributed by atoms with Crippen molar-refractivity contribution in [1.82, 2.24) is 21.3 Å². The van der Waals surface area contributed by atoms with E-state index in [2.05, 4.69) is 25.5 Å². The Balaban J connectivity index is 0.957. The molecule has 0 spiro atoms. The number of rotatable bonds is 29. The van der Waals surface area contributed by atoms with Crippen LogP contribution in [0.15, 0.2) is 0 Å². The summed E-state index contributed by atoms with van der Waals surface area (Å²) in [5, 5.41) is 254. The fourth-order valence-electron chi connectivity index (χ4n) is 14.6. The molecule has 0 bridgehead atoms. The summed E-state index contributed by atoms with van der Waals surface area (Å²) in [6.45, 7) is -1.57. The topological polar surface area (TPSA) is 782 Å². The van der Waals surface area contributed by atoms with E-state index < -0.39 is 356 Å². The molecule has 9 saturated heterocycles. The monoisotopic (exact) mass is 1690 g/mol. The first-order valence-electron chi connectivity index (χ1n) is 36.0. The minimum atomic E-state index is -5.56. The highest BCUT2D eigenvalue weighted by Gasteiger charge is 2.62. The number of ether oxygens (including phenoxy) is 17. The van der Waals surface area contributed by atoms with Gasteiger partial charge in [0.05, 0.1) is 58.5 Å². The molecule has 27 N–H and O–H groups in total. The van der Waals surface area contributed by atoms with E-state index in [-0.39, 0.29) is 0 Å². The van der Waals surface area contributed by atoms with E-state index in [0.717, 1.165) is 27.7 Å². The summed E-state index contributed by atoms with van der Waals surface area (Å²) >= 11 is 0. The molecule has 0 radical (unpaired) electrons. The number of amides is 4. The third-order valence-corrected chi connectivity index (χ3v) is 21.0. The van der Waals surface area contributed by atoms with Gasteiger partial charge in [0, 0.05) is 27.7 Å². The summed E-state index contributed by atoms with van der Waals surface area (Å²) in [5.41, 5.74) is 0. The van der Waals surface area contributed by atoms with Gasteiger partial charge in [-0.3, -0.25) is 23.7 Å². The van der Waals surface area contributed by atoms with Gasteiger partial charge in [-0.25, -0.2) is 4.18 Å². The molecule has 45 atom stereocenters. The molecular formula is C62H104N4O47S. The fraction of sp³-hybridized carbons (Fsp3) is 0.935. The number of hydrogen-bond donors (Lipinski definition) is 27. The maximum atomic E-state index is 13.3. The molecule has 0 aromatic carbocycles. The van der Waals surface area contributed by atoms with Crippen LogP contribution in [0, 0.1) is 0 Å². The Bertz CT molecular complexity index is 3210. The van der Waals surface area contributed by atoms with Crippen LogP contribution in [0.2, 0.25) is 0 Å². The lowest BCUT2D eigenvalue weighted by Gasteiger charge is -2.52. The van der Waals surface area contributed by atoms with Gasteiger partial charge in [-0.05, 0) is 13.8 Å². The smallest absolute Gasteiger partial charge is 0.394 e. The highest BCUT2D eigenvalue weighted by molar-refractivity contribution is 7.80. The van der Waals surface area contributed by atoms with Gasteiger partial charge in [-0.15, -0.1) is 0 Å². The first kappa shape index (κ1) is 94.0. The molecule has 52 heteroatoms. The fourth-order valence-corrected chi connectivity index (χ4v) is 15.1. The van der Waals surface area contributed by atoms with Gasteiger partial charge in [0.2, 0.25) is 23.6 Å². The normalized spacial score (nSPS) is 48.4. The van der Waals surface area contributed by atoms with E-state index in [0.29, 0.717) is 0 Å². The molecule has 0 aromatic heterocycles. The number of carbonyl (C=O) groups is 4. The molecule has 4 amide bonds. The van der Waals surface area contributed by atoms with Crippen molar-refractivity contribution in [2.24, 2.45) is 0 Å². The van der Waals surface area contributed by atoms with E-state index in [9.17, 15) is 144 Å². The molecular weight excluding hydrogens is 1580 g/mol. The molecule has 660 valence electrons. The first-order chi connectivity index (χ1) is 53.6. The van der Waals surface area contributed by atoms with Crippen molar-refractivity contribution in [1.29, 1.82) is 0 Å². The molecule has 9 aliphatic heterocycles. The predicted molar refractivity (Wildman–Crippen MR) is 351 cm³/mol. The van der Waals surface area contributed by atoms with E-state index in [1.807, 2.05) is 0 Å². The minimum absolute atomic E-state index is 0.898. The van der Waals surface area contributed by atoms with E-state index in [4.69, 9.17) is 80.5 Å². The molecule has 9 rings (SSSR count). The van der Waals surface area contributed by atoms with Gasteiger partial charge in [-0.2, -0.15) is 8.42 Å². The number of aliphatic hydroxyl groups excluding tert-OH is 22. The molecule has 9 aliphatic rings. The predicted octanol–water partition coefficient (Wildman–Crippen LogP) is -18.2. The number of hydrogen-bond acceptors (Lipinski definition) is 46. The summed E-state index contributed by atoms with van der Waals surface area (Å²) in [4.78, 5) is 52.2. The Morgan fingerprint density at radius 1 is 0.289 bits per heavy atom. The van der Waals surface area contributed by atoms with Crippen LogP contribution < -0.4 is 21.3 Å². The van der Waals surface area contributed by atoms with Gasteiger partial charge in [0.1, 0.15) is 207 Å². The lowest BCUT2D eigenvalue weighted by atomic mass is 9.93. The molecule has 0 saturated carbocycles. The SMILES string of the molecule is CC(=O)N[C@@H]1[C@@H](O[C@@H]2O[C@H](CO)[C@@H](O)[C@H](O[C@@H]3O[C@H](CO)[C@H](O)[C@H](O)[C@H]3O[C@@H]3O[C@@H](C)[C@@H](O)[C@@H](O)[C@@H]3O)[C@H]2NC(C)=O)[C@@H](O)[C@@H](CO[C@@H]2O[C@H](CO)[C@@H](O[C@@H]3O[C@H](CO)[C@H](O)[C@H](O[C@@H]4O[C@H](CO)[C@@H](O[C@@H]5O[C@@H](C)[C@@H](O)[C@@H](O)[C@@H]5O)[C@H](O[C@@H]5O[C@H](CO)[C@H](O)[C@H](OS(=O)(=O)O)[C@H]5O)[C@H]4NC(C)=O)[C@H]3O)[C@H](O)[C@H]2NC(C)=O)O[C@@H]1O. The van der Waals surface area contributed by atoms with Crippen molar-refractivity contribution >= 4 is 34.0 Å². The van der Waals surface area contributed by atoms with Crippen molar-refractivity contribution in [3.63, 3.8) is 0 Å². The molecule has 0 aromatic rings. The molecule has 0 aliphatic carbocycles. The Labute approximate surface area is 646 Å². The molecule has 114 heavy (non-hydrogen) atoms. The number of carbonyl (C=O) groups excluding carboxylic acids is 4. The third kappa shape index (κ3) is 21.2. The van der Waals surface area contributed by atoms with Crippen molar-refractivity contribution in [2.45, 2.75) is 318 Å². The van der Waals surface area contributed by atoms with Crippen LogP contribution in [0.4, 0.5) is 0 Å². The minimum Gasteiger partial charge on any atom is -0.394 e. The van der Waals surface area contributed by atoms with Crippen molar-refractivity contribution < 1.29 is 229 Å². The average molecular weight is 1690 g/mol. The van der Waals surface area contributed by atoms with Gasteiger partial charge < -0.3 is 214 Å². The van der Waals surface area contributed by atoms with Gasteiger partial charge in [-0.1, -0.05) is 0 Å². The van der Waals surface area contributed by atoms with Crippen molar-refractivity contribution in [2.75, 3.05) is 46.2 Å². The zero-order chi connectivity index (χ0) is 84.3. The van der Waals surface area contributed by atoms with Gasteiger partial charge in [0.15, 0.2) is 56.6 Å². The quantitative estimate of drug-likeness (QED) is 0.0309. The first-order valence-corrected chi connectivity index (χ1v) is 37.4. The lowest BCUT2D eigenvalue weighted by Crippen LogP contribution is -2.71. The van der Waals surface area contributed by atoms with Crippen LogP contribution in [0.3, 0.4) is 0 Å². The van der Waals surface area contributed by atoms with E-state index in [1.54, 1.807) is 0 Å². The third-order valence-electron chi connectivity index (χ3n) is 20.5. The van der Waals surface area contributed by atoms with Crippen LogP contribution >= 0.6 is 0 Å². The largest absolute Gasteiger partial charge is 0.397 e. The Morgan fingerprint density at radius 3 is 1.11 bits per heavy atom. The van der Waals surface area contributed by atoms with Crippen LogP contribution in [0.25, 0.3) is 0 Å². The second-order valence-corrected chi connectivity index (χ2v) is 29.7. The van der Waals surface area contributed by atoms with Crippen LogP contribution in [0.1, 0.15) is 41.5 Å². The Hall–Kier alpha value is -3.81. The van der Waals surface area contributed by atoms with Crippen molar-refractivity contribution in [3.8, 4) is 0 Å². The average Bonchev–Trinajstić information content (AvgIpc) is 0.762. The van der Waals surface area contributed by atoms with E-state index >= 15 is 0 Å². The highest BCUT2D eigenvalue weighted by Crippen LogP contribution is 2.41. The molecule has 0 unspecified atom stereocenters. The van der Waals surface area contributed by atoms with Crippen molar-refractivity contribution in [3.05, 3.63) is 0 Å². The molecule has 51 nitrogen and oxygen atoms in total. The Morgan fingerprint density at radius 2 is 0.623 bits per heavy atom. The summed E-state index contributed by atoms with van der Waals surface area (Å²) in [6, 6.07) is -7.67. The van der Waals surface area contributed by atoms with Crippen LogP contribution in [-0.2, 0) is 114 Å². The maximum absolute atomic E-state index is 13.3. The van der Waals surface area contributed by atoms with Crippen LogP contribution in [0.5, 0.6) is 0 Å². The second kappa shape index (κ2) is 40.3. The number of nitrogens with one attached hydrogen (secondary N) is 4. The van der Waals surface area contributed by atoms with E-state index in [1.165, 1.54) is 13.8 Å². The zero-order valence-electron chi connectivity index (χ0n) is 61.4. The summed E-state index contributed by atoms with van der Waals surface area (Å²) in [6.07, 6.45) is -83.4. The number of aliphatic hydroxyl groups is 22. The summed E-state index contributed by atoms with van der Waals surface area (Å²) in [7, 11) is -5.56. The van der Waals surface area contributed by atoms with Gasteiger partial charge in [0.25, 0.3) is 0 Å². The second-order valence-electron chi connectivity index (χ2n) is 28.6. The van der Waals surface area contributed by atoms with Crippen LogP contribution in [-0.4, -0.2) is 471 Å². The standard InChI is InChI=1S/C62H104N4O47S/c1-14-31(77)39(85)42(88)58(97-14)107-47-25(12-72)105-57(30(66-19(6)76)50(47)110-61-45(91)52(113-114(93,94)95)36(82)23(10-70)102-61)111-51-35(81)22(9-69)101-60(44(51)90)106-46-24(11-71)104-55(27(38(46)84)63-16(3)73)96-13-26-37(83)48(28(54(92)99-26)64-17(4)74)108-56-29(65-18(5)75)49(34(80)21(8-68)100-56)109-62-53(41(87)33(79)20(7-67)103-62)112-59-43(89)40(86)32(78)15(2)98-59/h14-15,20-62,67-72,77-92H,7-13H2,1-6H3,(H,63,73)(H,64,74)(H,65,75)(H,66,76)(H,93,94,95)/t14-,15-,20+,21+,22+,23+,24+,25+,26+,27+,28+,29+,30+,31+,32+,33-,34+,35-,36-,37-,38+,39+,40+,41-,42-,43-,44+,45+,46+,47+,48+,49+,50+,51-,52-,53+,54-,55+,56-,57-,58-,59-,60-,61-,62-/m0/s1. The lowest BCUT2D eigenvalue weighted by molar-refractivity contribution is -0.390. The zero-order valence-corrected chi connectivity index (χ0v) is 62.2. The summed E-state index contributed by atoms with van der Waals surface area (Å²) in [5.74, 6) is -3.79. The molecule has 9 heterocycles. The molecule has 9 fully saturated rings. The maximum Gasteiger partial charge on any atom is 0.397 e. The van der Waals surface area contributed by atoms with Gasteiger partial charge >= 0.3 is 10.4 Å².